The number of rotatable bonds is 3. The minimum atomic E-state index is -0.297. The summed E-state index contributed by atoms with van der Waals surface area (Å²) in [6.07, 6.45) is 0. The number of Topliss-reactive ketones (excluding diaryl/α,β-unsaturated/α-hetero) is 1. The van der Waals surface area contributed by atoms with E-state index in [2.05, 4.69) is 0 Å². The molecule has 21 heavy (non-hydrogen) atoms. The van der Waals surface area contributed by atoms with E-state index < -0.39 is 0 Å². The van der Waals surface area contributed by atoms with Crippen molar-refractivity contribution in [2.24, 2.45) is 0 Å². The second kappa shape index (κ2) is 5.49. The van der Waals surface area contributed by atoms with E-state index in [1.165, 1.54) is 6.07 Å². The summed E-state index contributed by atoms with van der Waals surface area (Å²) < 4.78 is 13.8. The first kappa shape index (κ1) is 13.5. The van der Waals surface area contributed by atoms with Crippen molar-refractivity contribution < 1.29 is 9.18 Å². The zero-order chi connectivity index (χ0) is 14.8. The van der Waals surface area contributed by atoms with Gasteiger partial charge < -0.3 is 0 Å². The largest absolute Gasteiger partial charge is 0.293 e. The number of halogens is 1. The van der Waals surface area contributed by atoms with Crippen molar-refractivity contribution in [2.75, 3.05) is 0 Å². The second-order valence-electron chi connectivity index (χ2n) is 5.14. The van der Waals surface area contributed by atoms with Crippen LogP contribution in [0.2, 0.25) is 0 Å². The fourth-order valence-electron chi connectivity index (χ4n) is 2.60. The summed E-state index contributed by atoms with van der Waals surface area (Å²) in [7, 11) is 0. The topological polar surface area (TPSA) is 17.1 Å². The van der Waals surface area contributed by atoms with Crippen molar-refractivity contribution in [1.82, 2.24) is 0 Å². The van der Waals surface area contributed by atoms with Crippen LogP contribution < -0.4 is 0 Å². The Morgan fingerprint density at radius 3 is 2.19 bits per heavy atom. The van der Waals surface area contributed by atoms with Crippen molar-refractivity contribution in [3.63, 3.8) is 0 Å². The molecule has 0 aromatic heterocycles. The van der Waals surface area contributed by atoms with E-state index in [0.29, 0.717) is 16.3 Å². The monoisotopic (exact) mass is 278 g/mol. The predicted octanol–water partition coefficient (Wildman–Crippen LogP) is 4.97. The molecule has 1 unspecified atom stereocenters. The van der Waals surface area contributed by atoms with Crippen molar-refractivity contribution in [3.05, 3.63) is 83.7 Å². The number of ketones is 1. The second-order valence-corrected chi connectivity index (χ2v) is 5.14. The third kappa shape index (κ3) is 2.45. The molecule has 0 aliphatic heterocycles. The van der Waals surface area contributed by atoms with Gasteiger partial charge >= 0.3 is 0 Å². The average Bonchev–Trinajstić information content (AvgIpc) is 2.55. The van der Waals surface area contributed by atoms with E-state index in [1.54, 1.807) is 24.3 Å². The van der Waals surface area contributed by atoms with Gasteiger partial charge in [-0.15, -0.1) is 0 Å². The fourth-order valence-corrected chi connectivity index (χ4v) is 2.60. The molecule has 0 N–H and O–H groups in total. The van der Waals surface area contributed by atoms with Gasteiger partial charge in [-0.3, -0.25) is 4.79 Å². The first-order valence-corrected chi connectivity index (χ1v) is 6.95. The molecular weight excluding hydrogens is 263 g/mol. The van der Waals surface area contributed by atoms with Gasteiger partial charge in [0.15, 0.2) is 5.78 Å². The zero-order valence-electron chi connectivity index (χ0n) is 11.7. The molecule has 0 saturated carbocycles. The standard InChI is InChI=1S/C19H15FO/c1-13(14-7-3-2-4-8-14)19(21)17-11-12-18(20)16-10-6-5-9-15(16)17/h2-13H,1H3. The van der Waals surface area contributed by atoms with Gasteiger partial charge in [-0.2, -0.15) is 0 Å². The molecule has 0 fully saturated rings. The molecule has 104 valence electrons. The third-order valence-electron chi connectivity index (χ3n) is 3.83. The average molecular weight is 278 g/mol. The van der Waals surface area contributed by atoms with Crippen LogP contribution in [0.5, 0.6) is 0 Å². The van der Waals surface area contributed by atoms with Gasteiger partial charge in [0.2, 0.25) is 0 Å². The Bertz CT molecular complexity index is 793. The number of hydrogen-bond acceptors (Lipinski definition) is 1. The minimum Gasteiger partial charge on any atom is -0.293 e. The van der Waals surface area contributed by atoms with E-state index in [-0.39, 0.29) is 17.5 Å². The van der Waals surface area contributed by atoms with Gasteiger partial charge in [-0.05, 0) is 23.1 Å². The normalized spacial score (nSPS) is 12.3. The minimum absolute atomic E-state index is 0.0115. The molecule has 1 nitrogen and oxygen atoms in total. The smallest absolute Gasteiger partial charge is 0.170 e. The van der Waals surface area contributed by atoms with Gasteiger partial charge in [-0.1, -0.05) is 61.5 Å². The Balaban J connectivity index is 2.09. The lowest BCUT2D eigenvalue weighted by Crippen LogP contribution is -2.10. The van der Waals surface area contributed by atoms with Gasteiger partial charge in [-0.25, -0.2) is 4.39 Å². The fraction of sp³-hybridized carbons (Fsp3) is 0.105. The van der Waals surface area contributed by atoms with E-state index in [0.717, 1.165) is 5.56 Å². The van der Waals surface area contributed by atoms with Crippen LogP contribution in [0.15, 0.2) is 66.7 Å². The molecular formula is C19H15FO. The van der Waals surface area contributed by atoms with Gasteiger partial charge in [0.25, 0.3) is 0 Å². The molecule has 1 atom stereocenters. The van der Waals surface area contributed by atoms with Crippen LogP contribution >= 0.6 is 0 Å². The van der Waals surface area contributed by atoms with Crippen LogP contribution in [0.3, 0.4) is 0 Å². The molecule has 0 spiro atoms. The van der Waals surface area contributed by atoms with Crippen LogP contribution in [-0.2, 0) is 0 Å². The lowest BCUT2D eigenvalue weighted by atomic mass is 9.90. The van der Waals surface area contributed by atoms with Gasteiger partial charge in [0.05, 0.1) is 0 Å². The van der Waals surface area contributed by atoms with Crippen LogP contribution in [-0.4, -0.2) is 5.78 Å². The first-order valence-electron chi connectivity index (χ1n) is 6.95. The molecule has 3 aromatic carbocycles. The van der Waals surface area contributed by atoms with Crippen LogP contribution in [0.1, 0.15) is 28.8 Å². The van der Waals surface area contributed by atoms with Gasteiger partial charge in [0.1, 0.15) is 5.82 Å². The highest BCUT2D eigenvalue weighted by Crippen LogP contribution is 2.27. The molecule has 0 radical (unpaired) electrons. The van der Waals surface area contributed by atoms with E-state index in [1.807, 2.05) is 43.3 Å². The summed E-state index contributed by atoms with van der Waals surface area (Å²) in [4.78, 5) is 12.7. The number of carbonyl (C=O) groups excluding carboxylic acids is 1. The van der Waals surface area contributed by atoms with E-state index >= 15 is 0 Å². The Labute approximate surface area is 123 Å². The summed E-state index contributed by atoms with van der Waals surface area (Å²) in [5, 5.41) is 1.16. The first-order chi connectivity index (χ1) is 10.2. The van der Waals surface area contributed by atoms with Crippen molar-refractivity contribution >= 4 is 16.6 Å². The molecule has 0 aliphatic carbocycles. The Kier molecular flexibility index (Phi) is 3.53. The van der Waals surface area contributed by atoms with Crippen molar-refractivity contribution in [1.29, 1.82) is 0 Å². The predicted molar refractivity (Wildman–Crippen MR) is 83.1 cm³/mol. The summed E-state index contributed by atoms with van der Waals surface area (Å²) in [5.74, 6) is -0.535. The molecule has 3 aromatic rings. The molecule has 0 heterocycles. The number of carbonyl (C=O) groups is 1. The Morgan fingerprint density at radius 2 is 1.48 bits per heavy atom. The van der Waals surface area contributed by atoms with Gasteiger partial charge in [0, 0.05) is 16.9 Å². The quantitative estimate of drug-likeness (QED) is 0.618. The summed E-state index contributed by atoms with van der Waals surface area (Å²) >= 11 is 0. The van der Waals surface area contributed by atoms with Crippen molar-refractivity contribution in [3.8, 4) is 0 Å². The SMILES string of the molecule is CC(C(=O)c1ccc(F)c2ccccc12)c1ccccc1. The summed E-state index contributed by atoms with van der Waals surface area (Å²) in [6, 6.07) is 19.7. The Hall–Kier alpha value is -2.48. The highest BCUT2D eigenvalue weighted by Gasteiger charge is 2.19. The zero-order valence-corrected chi connectivity index (χ0v) is 11.7. The summed E-state index contributed by atoms with van der Waals surface area (Å²) in [5.41, 5.74) is 1.54. The maximum absolute atomic E-state index is 13.8. The van der Waals surface area contributed by atoms with E-state index in [4.69, 9.17) is 0 Å². The maximum atomic E-state index is 13.8. The molecule has 0 aliphatic rings. The van der Waals surface area contributed by atoms with Crippen LogP contribution in [0.25, 0.3) is 10.8 Å². The molecule has 0 saturated heterocycles. The molecule has 3 rings (SSSR count). The number of fused-ring (bicyclic) bond motifs is 1. The maximum Gasteiger partial charge on any atom is 0.170 e. The molecule has 2 heteroatoms. The van der Waals surface area contributed by atoms with Crippen LogP contribution in [0, 0.1) is 5.82 Å². The van der Waals surface area contributed by atoms with Crippen LogP contribution in [0.4, 0.5) is 4.39 Å². The van der Waals surface area contributed by atoms with Crippen molar-refractivity contribution in [2.45, 2.75) is 12.8 Å². The Morgan fingerprint density at radius 1 is 0.857 bits per heavy atom. The number of benzene rings is 3. The lowest BCUT2D eigenvalue weighted by molar-refractivity contribution is 0.0967. The molecule has 0 bridgehead atoms. The highest BCUT2D eigenvalue weighted by molar-refractivity contribution is 6.10. The third-order valence-corrected chi connectivity index (χ3v) is 3.83. The number of hydrogen-bond donors (Lipinski definition) is 0. The highest BCUT2D eigenvalue weighted by atomic mass is 19.1. The molecule has 0 amide bonds. The lowest BCUT2D eigenvalue weighted by Gasteiger charge is -2.13. The van der Waals surface area contributed by atoms with E-state index in [9.17, 15) is 9.18 Å². The summed E-state index contributed by atoms with van der Waals surface area (Å²) in [6.45, 7) is 1.88.